The first-order valence-electron chi connectivity index (χ1n) is 7.23. The highest BCUT2D eigenvalue weighted by Crippen LogP contribution is 2.27. The minimum absolute atomic E-state index is 0.262. The van der Waals surface area contributed by atoms with E-state index >= 15 is 0 Å². The topological polar surface area (TPSA) is 62.3 Å². The van der Waals surface area contributed by atoms with Crippen LogP contribution < -0.4 is 4.74 Å². The fraction of sp³-hybridized carbons (Fsp3) is 0.167. The third-order valence-electron chi connectivity index (χ3n) is 3.69. The molecule has 0 bridgehead atoms. The molecule has 4 heteroatoms. The van der Waals surface area contributed by atoms with E-state index in [2.05, 4.69) is 4.98 Å². The number of fused-ring (bicyclic) bond motifs is 1. The number of hydrogen-bond acceptors (Lipinski definition) is 2. The molecule has 1 aromatic heterocycles. The SMILES string of the molecule is CCc1c(C(=O)O)[nH]c2ccc(OCc3ccccc3)cc12. The Hall–Kier alpha value is -2.75. The van der Waals surface area contributed by atoms with Crippen LogP contribution in [0.25, 0.3) is 10.9 Å². The van der Waals surface area contributed by atoms with E-state index in [4.69, 9.17) is 4.74 Å². The second kappa shape index (κ2) is 5.93. The Kier molecular flexibility index (Phi) is 3.83. The second-order valence-electron chi connectivity index (χ2n) is 5.12. The van der Waals surface area contributed by atoms with Crippen LogP contribution in [-0.2, 0) is 13.0 Å². The van der Waals surface area contributed by atoms with Crippen LogP contribution >= 0.6 is 0 Å². The van der Waals surface area contributed by atoms with Gasteiger partial charge in [-0.25, -0.2) is 4.79 Å². The maximum atomic E-state index is 11.3. The summed E-state index contributed by atoms with van der Waals surface area (Å²) in [6.45, 7) is 2.44. The minimum atomic E-state index is -0.931. The molecule has 0 aliphatic heterocycles. The molecule has 1 heterocycles. The van der Waals surface area contributed by atoms with Gasteiger partial charge in [-0.1, -0.05) is 37.3 Å². The fourth-order valence-corrected chi connectivity index (χ4v) is 2.61. The van der Waals surface area contributed by atoms with Crippen LogP contribution in [-0.4, -0.2) is 16.1 Å². The average molecular weight is 295 g/mol. The Bertz CT molecular complexity index is 806. The van der Waals surface area contributed by atoms with Crippen molar-refractivity contribution in [3.05, 3.63) is 65.4 Å². The van der Waals surface area contributed by atoms with E-state index in [0.29, 0.717) is 13.0 Å². The highest BCUT2D eigenvalue weighted by Gasteiger charge is 2.15. The zero-order valence-corrected chi connectivity index (χ0v) is 12.3. The van der Waals surface area contributed by atoms with Crippen molar-refractivity contribution in [3.63, 3.8) is 0 Å². The van der Waals surface area contributed by atoms with Crippen LogP contribution in [0.4, 0.5) is 0 Å². The zero-order chi connectivity index (χ0) is 15.5. The van der Waals surface area contributed by atoms with E-state index < -0.39 is 5.97 Å². The number of aryl methyl sites for hydroxylation is 1. The first kappa shape index (κ1) is 14.2. The van der Waals surface area contributed by atoms with E-state index in [1.165, 1.54) is 0 Å². The molecule has 0 spiro atoms. The molecule has 0 radical (unpaired) electrons. The lowest BCUT2D eigenvalue weighted by Crippen LogP contribution is -2.00. The molecule has 112 valence electrons. The van der Waals surface area contributed by atoms with Crippen LogP contribution in [0.1, 0.15) is 28.5 Å². The highest BCUT2D eigenvalue weighted by atomic mass is 16.5. The van der Waals surface area contributed by atoms with Gasteiger partial charge in [0.25, 0.3) is 0 Å². The molecule has 0 aliphatic rings. The maximum Gasteiger partial charge on any atom is 0.352 e. The third-order valence-corrected chi connectivity index (χ3v) is 3.69. The maximum absolute atomic E-state index is 11.3. The molecular formula is C18H17NO3. The van der Waals surface area contributed by atoms with E-state index in [0.717, 1.165) is 27.8 Å². The second-order valence-corrected chi connectivity index (χ2v) is 5.12. The summed E-state index contributed by atoms with van der Waals surface area (Å²) in [6, 6.07) is 15.6. The predicted octanol–water partition coefficient (Wildman–Crippen LogP) is 4.01. The Labute approximate surface area is 128 Å². The summed E-state index contributed by atoms with van der Waals surface area (Å²) < 4.78 is 5.81. The summed E-state index contributed by atoms with van der Waals surface area (Å²) in [7, 11) is 0. The fourth-order valence-electron chi connectivity index (χ4n) is 2.61. The summed E-state index contributed by atoms with van der Waals surface area (Å²) in [5, 5.41) is 10.2. The molecule has 4 nitrogen and oxygen atoms in total. The van der Waals surface area contributed by atoms with Crippen molar-refractivity contribution in [2.24, 2.45) is 0 Å². The lowest BCUT2D eigenvalue weighted by atomic mass is 10.1. The first-order chi connectivity index (χ1) is 10.7. The number of aromatic amines is 1. The smallest absolute Gasteiger partial charge is 0.352 e. The van der Waals surface area contributed by atoms with Crippen LogP contribution in [0.15, 0.2) is 48.5 Å². The van der Waals surface area contributed by atoms with E-state index in [9.17, 15) is 9.90 Å². The summed E-state index contributed by atoms with van der Waals surface area (Å²) in [6.07, 6.45) is 0.657. The molecule has 3 aromatic rings. The number of carbonyl (C=O) groups is 1. The number of H-pyrrole nitrogens is 1. The largest absolute Gasteiger partial charge is 0.489 e. The molecule has 0 amide bonds. The summed E-state index contributed by atoms with van der Waals surface area (Å²) in [5.74, 6) is -0.193. The van der Waals surface area contributed by atoms with Crippen molar-refractivity contribution < 1.29 is 14.6 Å². The van der Waals surface area contributed by atoms with Crippen molar-refractivity contribution >= 4 is 16.9 Å². The number of carboxylic acids is 1. The van der Waals surface area contributed by atoms with Crippen molar-refractivity contribution in [1.29, 1.82) is 0 Å². The number of hydrogen-bond donors (Lipinski definition) is 2. The predicted molar refractivity (Wildman–Crippen MR) is 85.4 cm³/mol. The Balaban J connectivity index is 1.90. The molecule has 0 aliphatic carbocycles. The molecule has 2 aromatic carbocycles. The number of aromatic nitrogens is 1. The minimum Gasteiger partial charge on any atom is -0.489 e. The molecular weight excluding hydrogens is 278 g/mol. The molecule has 0 saturated carbocycles. The lowest BCUT2D eigenvalue weighted by molar-refractivity contribution is 0.0690. The van der Waals surface area contributed by atoms with Crippen LogP contribution in [0.2, 0.25) is 0 Å². The molecule has 22 heavy (non-hydrogen) atoms. The molecule has 0 fully saturated rings. The first-order valence-corrected chi connectivity index (χ1v) is 7.23. The van der Waals surface area contributed by atoms with Gasteiger partial charge in [-0.3, -0.25) is 0 Å². The van der Waals surface area contributed by atoms with Crippen molar-refractivity contribution in [2.75, 3.05) is 0 Å². The van der Waals surface area contributed by atoms with Crippen LogP contribution in [0, 0.1) is 0 Å². The van der Waals surface area contributed by atoms with Gasteiger partial charge < -0.3 is 14.8 Å². The Morgan fingerprint density at radius 2 is 1.95 bits per heavy atom. The molecule has 2 N–H and O–H groups in total. The standard InChI is InChI=1S/C18H17NO3/c1-2-14-15-10-13(22-11-12-6-4-3-5-7-12)8-9-16(15)19-17(14)18(20)21/h3-10,19H,2,11H2,1H3,(H,20,21). The van der Waals surface area contributed by atoms with Gasteiger partial charge in [-0.2, -0.15) is 0 Å². The lowest BCUT2D eigenvalue weighted by Gasteiger charge is -2.06. The van der Waals surface area contributed by atoms with Gasteiger partial charge in [0.2, 0.25) is 0 Å². The van der Waals surface area contributed by atoms with Crippen LogP contribution in [0.5, 0.6) is 5.75 Å². The monoisotopic (exact) mass is 295 g/mol. The highest BCUT2D eigenvalue weighted by molar-refractivity contribution is 5.97. The van der Waals surface area contributed by atoms with Gasteiger partial charge in [0, 0.05) is 10.9 Å². The van der Waals surface area contributed by atoms with Gasteiger partial charge in [0.1, 0.15) is 18.1 Å². The van der Waals surface area contributed by atoms with Gasteiger partial charge in [0.05, 0.1) is 0 Å². The van der Waals surface area contributed by atoms with Crippen molar-refractivity contribution in [1.82, 2.24) is 4.98 Å². The van der Waals surface area contributed by atoms with Gasteiger partial charge >= 0.3 is 5.97 Å². The third kappa shape index (κ3) is 2.68. The number of ether oxygens (including phenoxy) is 1. The average Bonchev–Trinajstić information content (AvgIpc) is 2.92. The summed E-state index contributed by atoms with van der Waals surface area (Å²) in [5.41, 5.74) is 2.99. The number of aromatic carboxylic acids is 1. The number of rotatable bonds is 5. The molecule has 0 saturated heterocycles. The normalized spacial score (nSPS) is 10.8. The van der Waals surface area contributed by atoms with Gasteiger partial charge in [-0.15, -0.1) is 0 Å². The van der Waals surface area contributed by atoms with Crippen molar-refractivity contribution in [2.45, 2.75) is 20.0 Å². The molecule has 3 rings (SSSR count). The van der Waals surface area contributed by atoms with Gasteiger partial charge in [0.15, 0.2) is 0 Å². The summed E-state index contributed by atoms with van der Waals surface area (Å²) >= 11 is 0. The quantitative estimate of drug-likeness (QED) is 0.747. The van der Waals surface area contributed by atoms with Crippen LogP contribution in [0.3, 0.4) is 0 Å². The number of benzene rings is 2. The van der Waals surface area contributed by atoms with Gasteiger partial charge in [-0.05, 0) is 35.7 Å². The summed E-state index contributed by atoms with van der Waals surface area (Å²) in [4.78, 5) is 14.2. The van der Waals surface area contributed by atoms with E-state index in [1.54, 1.807) is 0 Å². The number of nitrogens with one attached hydrogen (secondary N) is 1. The Morgan fingerprint density at radius 1 is 1.18 bits per heavy atom. The molecule has 0 unspecified atom stereocenters. The zero-order valence-electron chi connectivity index (χ0n) is 12.3. The van der Waals surface area contributed by atoms with E-state index in [1.807, 2.05) is 55.5 Å². The Morgan fingerprint density at radius 3 is 2.64 bits per heavy atom. The molecule has 0 atom stereocenters. The van der Waals surface area contributed by atoms with E-state index in [-0.39, 0.29) is 5.69 Å². The number of carboxylic acid groups (broad SMARTS) is 1. The van der Waals surface area contributed by atoms with Crippen molar-refractivity contribution in [3.8, 4) is 5.75 Å².